The quantitative estimate of drug-likeness (QED) is 0.526. The third kappa shape index (κ3) is 1.76. The number of hydrogen-bond donors (Lipinski definition) is 1. The van der Waals surface area contributed by atoms with E-state index < -0.39 is 4.92 Å². The molecule has 0 aliphatic carbocycles. The molecule has 5 nitrogen and oxygen atoms in total. The van der Waals surface area contributed by atoms with Crippen LogP contribution < -0.4 is 5.73 Å². The van der Waals surface area contributed by atoms with E-state index in [4.69, 9.17) is 5.73 Å². The Morgan fingerprint density at radius 2 is 2.33 bits per heavy atom. The van der Waals surface area contributed by atoms with Gasteiger partial charge in [-0.05, 0) is 13.0 Å². The molecule has 0 amide bonds. The summed E-state index contributed by atoms with van der Waals surface area (Å²) in [5, 5.41) is 10.2. The van der Waals surface area contributed by atoms with Crippen molar-refractivity contribution in [3.05, 3.63) is 34.1 Å². The van der Waals surface area contributed by atoms with Gasteiger partial charge >= 0.3 is 0 Å². The fraction of sp³-hybridized carbons (Fsp3) is 0.286. The van der Waals surface area contributed by atoms with Crippen LogP contribution in [0.3, 0.4) is 0 Å². The van der Waals surface area contributed by atoms with E-state index in [9.17, 15) is 10.1 Å². The predicted molar refractivity (Wildman–Crippen MR) is 43.5 cm³/mol. The van der Waals surface area contributed by atoms with Gasteiger partial charge in [-0.15, -0.1) is 0 Å². The van der Waals surface area contributed by atoms with Gasteiger partial charge in [0.2, 0.25) is 0 Å². The summed E-state index contributed by atoms with van der Waals surface area (Å²) in [7, 11) is 0. The Bertz CT molecular complexity index is 281. The van der Waals surface area contributed by atoms with Crippen molar-refractivity contribution < 1.29 is 4.92 Å². The van der Waals surface area contributed by atoms with E-state index in [1.165, 1.54) is 12.3 Å². The molecule has 0 saturated heterocycles. The fourth-order valence-corrected chi connectivity index (χ4v) is 0.775. The maximum atomic E-state index is 10.2. The van der Waals surface area contributed by atoms with E-state index in [2.05, 4.69) is 4.98 Å². The lowest BCUT2D eigenvalue weighted by Crippen LogP contribution is -2.06. The molecule has 0 saturated carbocycles. The summed E-state index contributed by atoms with van der Waals surface area (Å²) < 4.78 is 0. The molecule has 0 bridgehead atoms. The number of hydrogen-bond acceptors (Lipinski definition) is 4. The Balaban J connectivity index is 2.93. The highest BCUT2D eigenvalue weighted by Crippen LogP contribution is 2.11. The summed E-state index contributed by atoms with van der Waals surface area (Å²) in [5.74, 6) is 0. The van der Waals surface area contributed by atoms with Crippen molar-refractivity contribution in [1.82, 2.24) is 4.98 Å². The van der Waals surface area contributed by atoms with Crippen LogP contribution >= 0.6 is 0 Å². The first-order valence-corrected chi connectivity index (χ1v) is 3.47. The Labute approximate surface area is 69.4 Å². The molecule has 64 valence electrons. The average Bonchev–Trinajstić information content (AvgIpc) is 2.04. The van der Waals surface area contributed by atoms with Crippen LogP contribution in [-0.4, -0.2) is 9.91 Å². The zero-order valence-corrected chi connectivity index (χ0v) is 6.60. The summed E-state index contributed by atoms with van der Waals surface area (Å²) in [6.07, 6.45) is 1.21. The van der Waals surface area contributed by atoms with Crippen LogP contribution in [0.4, 0.5) is 5.69 Å². The van der Waals surface area contributed by atoms with Gasteiger partial charge in [0, 0.05) is 12.1 Å². The molecule has 12 heavy (non-hydrogen) atoms. The summed E-state index contributed by atoms with van der Waals surface area (Å²) in [5.41, 5.74) is 6.15. The predicted octanol–water partition coefficient (Wildman–Crippen LogP) is 1.01. The van der Waals surface area contributed by atoms with Crippen LogP contribution in [0, 0.1) is 10.1 Å². The van der Waals surface area contributed by atoms with Gasteiger partial charge in [-0.2, -0.15) is 0 Å². The molecule has 1 atom stereocenters. The lowest BCUT2D eigenvalue weighted by Gasteiger charge is -2.01. The second-order valence-corrected chi connectivity index (χ2v) is 2.49. The van der Waals surface area contributed by atoms with Crippen molar-refractivity contribution in [3.8, 4) is 0 Å². The van der Waals surface area contributed by atoms with Crippen molar-refractivity contribution in [2.24, 2.45) is 5.73 Å². The molecule has 0 radical (unpaired) electrons. The summed E-state index contributed by atoms with van der Waals surface area (Å²) in [6.45, 7) is 1.77. The normalized spacial score (nSPS) is 12.5. The SMILES string of the molecule is CC(N)c1ccc([N+](=O)[O-])cn1. The minimum atomic E-state index is -0.488. The molecular formula is C7H9N3O2. The second-order valence-electron chi connectivity index (χ2n) is 2.49. The van der Waals surface area contributed by atoms with Gasteiger partial charge in [-0.1, -0.05) is 0 Å². The van der Waals surface area contributed by atoms with Gasteiger partial charge in [-0.25, -0.2) is 0 Å². The molecular weight excluding hydrogens is 158 g/mol. The second kappa shape index (κ2) is 3.27. The van der Waals surface area contributed by atoms with Gasteiger partial charge in [0.15, 0.2) is 0 Å². The number of nitrogens with zero attached hydrogens (tertiary/aromatic N) is 2. The minimum Gasteiger partial charge on any atom is -0.323 e. The number of aromatic nitrogens is 1. The maximum Gasteiger partial charge on any atom is 0.287 e. The molecule has 1 rings (SSSR count). The first kappa shape index (κ1) is 8.61. The van der Waals surface area contributed by atoms with Crippen LogP contribution in [0.15, 0.2) is 18.3 Å². The van der Waals surface area contributed by atoms with Crippen molar-refractivity contribution in [2.45, 2.75) is 13.0 Å². The lowest BCUT2D eigenvalue weighted by atomic mass is 10.2. The van der Waals surface area contributed by atoms with Crippen LogP contribution in [0.5, 0.6) is 0 Å². The smallest absolute Gasteiger partial charge is 0.287 e. The Hall–Kier alpha value is -1.49. The van der Waals surface area contributed by atoms with Crippen LogP contribution in [0.1, 0.15) is 18.7 Å². The number of rotatable bonds is 2. The average molecular weight is 167 g/mol. The third-order valence-corrected chi connectivity index (χ3v) is 1.45. The van der Waals surface area contributed by atoms with Crippen molar-refractivity contribution in [1.29, 1.82) is 0 Å². The molecule has 1 unspecified atom stereocenters. The van der Waals surface area contributed by atoms with Crippen LogP contribution in [-0.2, 0) is 0 Å². The topological polar surface area (TPSA) is 82.0 Å². The molecule has 0 aliphatic heterocycles. The highest BCUT2D eigenvalue weighted by Gasteiger charge is 2.06. The van der Waals surface area contributed by atoms with Gasteiger partial charge in [0.05, 0.1) is 10.6 Å². The summed E-state index contributed by atoms with van der Waals surface area (Å²) in [4.78, 5) is 13.6. The molecule has 1 heterocycles. The van der Waals surface area contributed by atoms with Gasteiger partial charge < -0.3 is 5.73 Å². The maximum absolute atomic E-state index is 10.2. The lowest BCUT2D eigenvalue weighted by molar-refractivity contribution is -0.385. The number of nitro groups is 1. The van der Waals surface area contributed by atoms with E-state index in [0.29, 0.717) is 5.69 Å². The molecule has 0 aromatic carbocycles. The highest BCUT2D eigenvalue weighted by atomic mass is 16.6. The third-order valence-electron chi connectivity index (χ3n) is 1.45. The number of nitrogens with two attached hydrogens (primary N) is 1. The minimum absolute atomic E-state index is 0.0144. The molecule has 2 N–H and O–H groups in total. The summed E-state index contributed by atoms with van der Waals surface area (Å²) >= 11 is 0. The summed E-state index contributed by atoms with van der Waals surface area (Å²) in [6, 6.07) is 2.76. The van der Waals surface area contributed by atoms with Crippen molar-refractivity contribution >= 4 is 5.69 Å². The number of pyridine rings is 1. The molecule has 5 heteroatoms. The van der Waals surface area contributed by atoms with E-state index in [0.717, 1.165) is 0 Å². The van der Waals surface area contributed by atoms with E-state index in [-0.39, 0.29) is 11.7 Å². The largest absolute Gasteiger partial charge is 0.323 e. The monoisotopic (exact) mass is 167 g/mol. The van der Waals surface area contributed by atoms with E-state index in [1.54, 1.807) is 13.0 Å². The van der Waals surface area contributed by atoms with E-state index in [1.807, 2.05) is 0 Å². The Morgan fingerprint density at radius 1 is 1.67 bits per heavy atom. The molecule has 0 spiro atoms. The first-order chi connectivity index (χ1) is 5.61. The van der Waals surface area contributed by atoms with Crippen LogP contribution in [0.25, 0.3) is 0 Å². The fourth-order valence-electron chi connectivity index (χ4n) is 0.775. The van der Waals surface area contributed by atoms with Gasteiger partial charge in [0.1, 0.15) is 6.20 Å². The van der Waals surface area contributed by atoms with Crippen molar-refractivity contribution in [3.63, 3.8) is 0 Å². The first-order valence-electron chi connectivity index (χ1n) is 3.47. The van der Waals surface area contributed by atoms with Gasteiger partial charge in [-0.3, -0.25) is 15.1 Å². The van der Waals surface area contributed by atoms with Crippen molar-refractivity contribution in [2.75, 3.05) is 0 Å². The zero-order valence-electron chi connectivity index (χ0n) is 6.60. The van der Waals surface area contributed by atoms with Crippen LogP contribution in [0.2, 0.25) is 0 Å². The molecule has 1 aromatic heterocycles. The highest BCUT2D eigenvalue weighted by molar-refractivity contribution is 5.27. The Kier molecular flexibility index (Phi) is 2.35. The molecule has 0 fully saturated rings. The van der Waals surface area contributed by atoms with E-state index >= 15 is 0 Å². The Morgan fingerprint density at radius 3 is 2.67 bits per heavy atom. The molecule has 1 aromatic rings. The zero-order chi connectivity index (χ0) is 9.14. The standard InChI is InChI=1S/C7H9N3O2/c1-5(8)7-3-2-6(4-9-7)10(11)12/h2-5H,8H2,1H3. The van der Waals surface area contributed by atoms with Gasteiger partial charge in [0.25, 0.3) is 5.69 Å². The molecule has 0 aliphatic rings.